The number of carbonyl (C=O) groups excluding carboxylic acids is 1. The zero-order valence-corrected chi connectivity index (χ0v) is 25.3. The zero-order valence-electron chi connectivity index (χ0n) is 24.6. The zero-order chi connectivity index (χ0) is 30.1. The molecule has 43 heavy (non-hydrogen) atoms. The van der Waals surface area contributed by atoms with Crippen LogP contribution in [0.25, 0.3) is 16.5 Å². The fourth-order valence-electron chi connectivity index (χ4n) is 5.82. The topological polar surface area (TPSA) is 67.0 Å². The fraction of sp³-hybridized carbons (Fsp3) is 0.324. The van der Waals surface area contributed by atoms with Gasteiger partial charge in [0.2, 0.25) is 0 Å². The van der Waals surface area contributed by atoms with Gasteiger partial charge in [0.05, 0.1) is 19.3 Å². The van der Waals surface area contributed by atoms with E-state index >= 15 is 0 Å². The summed E-state index contributed by atoms with van der Waals surface area (Å²) in [5, 5.41) is 1.54. The van der Waals surface area contributed by atoms with Gasteiger partial charge in [-0.15, -0.1) is 0 Å². The molecular weight excluding hydrogens is 569 g/mol. The minimum absolute atomic E-state index is 0.0434. The number of benzene rings is 3. The number of piperazine rings is 1. The lowest BCUT2D eigenvalue weighted by Crippen LogP contribution is -2.47. The van der Waals surface area contributed by atoms with Crippen molar-refractivity contribution >= 4 is 39.7 Å². The summed E-state index contributed by atoms with van der Waals surface area (Å²) < 4.78 is 32.1. The van der Waals surface area contributed by atoms with E-state index in [0.29, 0.717) is 12.1 Å². The molecule has 0 radical (unpaired) electrons. The number of nitrogens with one attached hydrogen (secondary N) is 1. The van der Waals surface area contributed by atoms with Crippen molar-refractivity contribution in [3.05, 3.63) is 94.4 Å². The molecule has 4 aromatic rings. The number of methoxy groups -OCH3 is 1. The van der Waals surface area contributed by atoms with Crippen molar-refractivity contribution in [2.24, 2.45) is 0 Å². The lowest BCUT2D eigenvalue weighted by atomic mass is 9.87. The van der Waals surface area contributed by atoms with Crippen molar-refractivity contribution in [1.29, 1.82) is 0 Å². The molecule has 3 heterocycles. The normalized spacial score (nSPS) is 17.4. The molecule has 1 saturated heterocycles. The van der Waals surface area contributed by atoms with E-state index in [1.807, 2.05) is 24.3 Å². The predicted octanol–water partition coefficient (Wildman–Crippen LogP) is 7.31. The van der Waals surface area contributed by atoms with Crippen LogP contribution in [0.3, 0.4) is 0 Å². The number of nitrogens with zero attached hydrogens (tertiary/aromatic N) is 2. The number of hydrogen-bond acceptors (Lipinski definition) is 6. The standard InChI is InChI=1S/C34H35ClFN3O4/c1-34(2)19-28(22-4-6-25(35)7-5-22)24(21-42-34)20-38-12-14-39(15-13-38)26-8-9-27(33(40)41-3)31(17-26)43-32-16-23-10-11-37-30(23)18-29(32)36/h4-11,16-18,37H,12-15,19-21H2,1-3H3. The Morgan fingerprint density at radius 2 is 1.79 bits per heavy atom. The number of aromatic nitrogens is 1. The highest BCUT2D eigenvalue weighted by molar-refractivity contribution is 6.30. The Labute approximate surface area is 255 Å². The molecule has 0 spiro atoms. The molecule has 1 aromatic heterocycles. The Balaban J connectivity index is 1.19. The SMILES string of the molecule is COC(=O)c1ccc(N2CCN(CC3=C(c4ccc(Cl)cc4)CC(C)(C)OC3)CC2)cc1Oc1cc2cc[nH]c2cc1F. The van der Waals surface area contributed by atoms with E-state index in [0.717, 1.165) is 55.2 Å². The third kappa shape index (κ3) is 6.42. The highest BCUT2D eigenvalue weighted by Gasteiger charge is 2.30. The molecule has 7 nitrogen and oxygen atoms in total. The molecule has 9 heteroatoms. The van der Waals surface area contributed by atoms with Gasteiger partial charge in [0.25, 0.3) is 0 Å². The van der Waals surface area contributed by atoms with Crippen molar-refractivity contribution in [2.75, 3.05) is 51.3 Å². The number of halogens is 2. The van der Waals surface area contributed by atoms with Crippen LogP contribution in [0.4, 0.5) is 10.1 Å². The molecular formula is C34H35ClFN3O4. The Hall–Kier alpha value is -3.85. The van der Waals surface area contributed by atoms with Crippen molar-refractivity contribution in [2.45, 2.75) is 25.9 Å². The van der Waals surface area contributed by atoms with Crippen LogP contribution in [0.5, 0.6) is 11.5 Å². The summed E-state index contributed by atoms with van der Waals surface area (Å²) >= 11 is 6.17. The van der Waals surface area contributed by atoms with Crippen LogP contribution in [0.1, 0.15) is 36.2 Å². The Morgan fingerprint density at radius 1 is 1.02 bits per heavy atom. The van der Waals surface area contributed by atoms with Crippen LogP contribution < -0.4 is 9.64 Å². The van der Waals surface area contributed by atoms with E-state index in [1.165, 1.54) is 29.9 Å². The number of ether oxygens (including phenoxy) is 3. The minimum atomic E-state index is -0.544. The minimum Gasteiger partial charge on any atom is -0.465 e. The van der Waals surface area contributed by atoms with Gasteiger partial charge in [-0.2, -0.15) is 0 Å². The van der Waals surface area contributed by atoms with E-state index < -0.39 is 11.8 Å². The number of rotatable bonds is 7. The Morgan fingerprint density at radius 3 is 2.53 bits per heavy atom. The molecule has 0 aliphatic carbocycles. The van der Waals surface area contributed by atoms with Gasteiger partial charge in [0, 0.05) is 79.1 Å². The second-order valence-corrected chi connectivity index (χ2v) is 12.1. The lowest BCUT2D eigenvalue weighted by molar-refractivity contribution is -0.0101. The van der Waals surface area contributed by atoms with Crippen molar-refractivity contribution in [3.63, 3.8) is 0 Å². The van der Waals surface area contributed by atoms with Crippen molar-refractivity contribution in [1.82, 2.24) is 9.88 Å². The summed E-state index contributed by atoms with van der Waals surface area (Å²) in [6, 6.07) is 18.3. The van der Waals surface area contributed by atoms with Crippen LogP contribution >= 0.6 is 11.6 Å². The summed E-state index contributed by atoms with van der Waals surface area (Å²) in [6.07, 6.45) is 2.59. The quantitative estimate of drug-likeness (QED) is 0.223. The van der Waals surface area contributed by atoms with E-state index in [-0.39, 0.29) is 22.7 Å². The van der Waals surface area contributed by atoms with Crippen molar-refractivity contribution in [3.8, 4) is 11.5 Å². The Kier molecular flexibility index (Phi) is 8.18. The molecule has 1 fully saturated rings. The van der Waals surface area contributed by atoms with Crippen LogP contribution in [-0.4, -0.2) is 67.9 Å². The Bertz CT molecular complexity index is 1670. The molecule has 0 unspecified atom stereocenters. The third-order valence-electron chi connectivity index (χ3n) is 8.21. The molecule has 3 aromatic carbocycles. The number of esters is 1. The van der Waals surface area contributed by atoms with Gasteiger partial charge in [-0.05, 0) is 67.0 Å². The first-order valence-corrected chi connectivity index (χ1v) is 14.8. The van der Waals surface area contributed by atoms with Gasteiger partial charge in [0.1, 0.15) is 11.3 Å². The molecule has 2 aliphatic rings. The molecule has 0 bridgehead atoms. The molecule has 0 amide bonds. The number of aromatic amines is 1. The summed E-state index contributed by atoms with van der Waals surface area (Å²) in [7, 11) is 1.32. The van der Waals surface area contributed by atoms with E-state index in [2.05, 4.69) is 40.8 Å². The van der Waals surface area contributed by atoms with Gasteiger partial charge in [-0.25, -0.2) is 9.18 Å². The predicted molar refractivity (Wildman–Crippen MR) is 168 cm³/mol. The molecule has 0 atom stereocenters. The highest BCUT2D eigenvalue weighted by Crippen LogP contribution is 2.37. The van der Waals surface area contributed by atoms with Gasteiger partial charge < -0.3 is 24.1 Å². The summed E-state index contributed by atoms with van der Waals surface area (Å²) in [6.45, 7) is 8.99. The van der Waals surface area contributed by atoms with Gasteiger partial charge >= 0.3 is 5.97 Å². The van der Waals surface area contributed by atoms with Crippen LogP contribution in [0, 0.1) is 5.82 Å². The maximum Gasteiger partial charge on any atom is 0.341 e. The molecule has 6 rings (SSSR count). The summed E-state index contributed by atoms with van der Waals surface area (Å²) in [5.74, 6) is -0.772. The van der Waals surface area contributed by atoms with E-state index in [9.17, 15) is 9.18 Å². The number of H-pyrrole nitrogens is 1. The third-order valence-corrected chi connectivity index (χ3v) is 8.46. The fourth-order valence-corrected chi connectivity index (χ4v) is 5.95. The van der Waals surface area contributed by atoms with Gasteiger partial charge in [-0.1, -0.05) is 23.7 Å². The number of hydrogen-bond donors (Lipinski definition) is 1. The van der Waals surface area contributed by atoms with E-state index in [4.69, 9.17) is 25.8 Å². The number of carbonyl (C=O) groups is 1. The number of fused-ring (bicyclic) bond motifs is 1. The van der Waals surface area contributed by atoms with E-state index in [1.54, 1.807) is 24.4 Å². The molecule has 1 N–H and O–H groups in total. The largest absolute Gasteiger partial charge is 0.465 e. The van der Waals surface area contributed by atoms with Crippen molar-refractivity contribution < 1.29 is 23.4 Å². The van der Waals surface area contributed by atoms with Gasteiger partial charge in [0.15, 0.2) is 11.6 Å². The van der Waals surface area contributed by atoms with Gasteiger partial charge in [-0.3, -0.25) is 4.90 Å². The van der Waals surface area contributed by atoms with Crippen LogP contribution in [0.15, 0.2) is 72.4 Å². The average Bonchev–Trinajstić information content (AvgIpc) is 3.45. The highest BCUT2D eigenvalue weighted by atomic mass is 35.5. The molecule has 2 aliphatic heterocycles. The first-order chi connectivity index (χ1) is 20.7. The first kappa shape index (κ1) is 29.2. The summed E-state index contributed by atoms with van der Waals surface area (Å²) in [4.78, 5) is 20.2. The average molecular weight is 604 g/mol. The first-order valence-electron chi connectivity index (χ1n) is 14.4. The maximum absolute atomic E-state index is 14.9. The van der Waals surface area contributed by atoms with Crippen LogP contribution in [-0.2, 0) is 9.47 Å². The maximum atomic E-state index is 14.9. The molecule has 224 valence electrons. The lowest BCUT2D eigenvalue weighted by Gasteiger charge is -2.39. The number of anilines is 1. The summed E-state index contributed by atoms with van der Waals surface area (Å²) in [5.41, 5.74) is 5.41. The molecule has 0 saturated carbocycles. The second-order valence-electron chi connectivity index (χ2n) is 11.7. The van der Waals surface area contributed by atoms with Crippen LogP contribution in [0.2, 0.25) is 5.02 Å². The monoisotopic (exact) mass is 603 g/mol. The smallest absolute Gasteiger partial charge is 0.341 e. The second kappa shape index (κ2) is 12.0.